The molecule has 0 fully saturated rings. The molecular weight excluding hydrogens is 356 g/mol. The summed E-state index contributed by atoms with van der Waals surface area (Å²) in [6, 6.07) is 3.71. The van der Waals surface area contributed by atoms with E-state index < -0.39 is 0 Å². The Bertz CT molecular complexity index is 1200. The van der Waals surface area contributed by atoms with E-state index in [1.807, 2.05) is 38.3 Å². The van der Waals surface area contributed by atoms with E-state index in [0.29, 0.717) is 5.39 Å². The summed E-state index contributed by atoms with van der Waals surface area (Å²) in [7, 11) is 3.48. The molecule has 4 aromatic heterocycles. The molecule has 0 saturated carbocycles. The zero-order valence-corrected chi connectivity index (χ0v) is 16.3. The summed E-state index contributed by atoms with van der Waals surface area (Å²) in [5.74, 6) is 1.52. The predicted molar refractivity (Wildman–Crippen MR) is 104 cm³/mol. The summed E-state index contributed by atoms with van der Waals surface area (Å²) < 4.78 is 3.14. The van der Waals surface area contributed by atoms with Crippen molar-refractivity contribution in [2.24, 2.45) is 14.1 Å². The first kappa shape index (κ1) is 17.5. The first-order chi connectivity index (χ1) is 11.8. The Balaban J connectivity index is 0.000000146. The lowest BCUT2D eigenvalue weighted by Crippen LogP contribution is -2.19. The lowest BCUT2D eigenvalue weighted by Gasteiger charge is -2.00. The van der Waals surface area contributed by atoms with Gasteiger partial charge < -0.3 is 0 Å². The van der Waals surface area contributed by atoms with E-state index in [2.05, 4.69) is 9.97 Å². The van der Waals surface area contributed by atoms with Crippen molar-refractivity contribution >= 4 is 43.1 Å². The first-order valence-corrected chi connectivity index (χ1v) is 9.34. The van der Waals surface area contributed by atoms with Crippen LogP contribution >= 0.6 is 22.7 Å². The fourth-order valence-electron chi connectivity index (χ4n) is 2.39. The molecule has 8 heteroatoms. The van der Waals surface area contributed by atoms with Gasteiger partial charge in [0, 0.05) is 19.0 Å². The van der Waals surface area contributed by atoms with Gasteiger partial charge >= 0.3 is 0 Å². The lowest BCUT2D eigenvalue weighted by molar-refractivity contribution is 0.794. The van der Waals surface area contributed by atoms with Crippen LogP contribution in [0.15, 0.2) is 27.1 Å². The van der Waals surface area contributed by atoms with Crippen LogP contribution in [0.25, 0.3) is 20.4 Å². The Morgan fingerprint density at radius 3 is 2.08 bits per heavy atom. The van der Waals surface area contributed by atoms with Crippen LogP contribution < -0.4 is 11.1 Å². The van der Waals surface area contributed by atoms with Crippen molar-refractivity contribution in [3.05, 3.63) is 54.7 Å². The summed E-state index contributed by atoms with van der Waals surface area (Å²) >= 11 is 3.06. The van der Waals surface area contributed by atoms with Gasteiger partial charge in [-0.3, -0.25) is 18.7 Å². The molecule has 4 heterocycles. The van der Waals surface area contributed by atoms with E-state index in [-0.39, 0.29) is 11.1 Å². The standard InChI is InChI=1S/C9H10N2OS.C8H8N2OS/c1-5-4-7-8(13-5)10-6(2)11(3)9(7)12;1-5-9-7-6(3-4-12-7)8(11)10(5)2/h4H,1-3H3;3-4H,1-2H3. The van der Waals surface area contributed by atoms with Crippen molar-refractivity contribution in [1.29, 1.82) is 0 Å². The Labute approximate surface area is 152 Å². The fraction of sp³-hybridized carbons (Fsp3) is 0.294. The zero-order valence-electron chi connectivity index (χ0n) is 14.7. The molecule has 4 aromatic rings. The quantitative estimate of drug-likeness (QED) is 0.474. The third kappa shape index (κ3) is 3.14. The molecule has 0 aromatic carbocycles. The van der Waals surface area contributed by atoms with Crippen LogP contribution in [0.4, 0.5) is 0 Å². The van der Waals surface area contributed by atoms with E-state index in [4.69, 9.17) is 0 Å². The minimum absolute atomic E-state index is 0.0405. The van der Waals surface area contributed by atoms with Crippen LogP contribution in [0.5, 0.6) is 0 Å². The lowest BCUT2D eigenvalue weighted by atomic mass is 10.3. The molecule has 6 nitrogen and oxygen atoms in total. The molecule has 0 bridgehead atoms. The SMILES string of the molecule is Cc1cc2c(=O)n(C)c(C)nc2s1.Cc1nc2sccc2c(=O)n1C. The monoisotopic (exact) mass is 374 g/mol. The Morgan fingerprint density at radius 2 is 1.44 bits per heavy atom. The van der Waals surface area contributed by atoms with Gasteiger partial charge in [0.2, 0.25) is 0 Å². The van der Waals surface area contributed by atoms with E-state index in [9.17, 15) is 9.59 Å². The van der Waals surface area contributed by atoms with Gasteiger partial charge in [0.15, 0.2) is 0 Å². The molecule has 0 atom stereocenters. The van der Waals surface area contributed by atoms with Crippen molar-refractivity contribution in [1.82, 2.24) is 19.1 Å². The van der Waals surface area contributed by atoms with Gasteiger partial charge in [-0.15, -0.1) is 22.7 Å². The largest absolute Gasteiger partial charge is 0.299 e. The highest BCUT2D eigenvalue weighted by Gasteiger charge is 2.07. The van der Waals surface area contributed by atoms with Crippen LogP contribution in [0.3, 0.4) is 0 Å². The highest BCUT2D eigenvalue weighted by Crippen LogP contribution is 2.19. The number of fused-ring (bicyclic) bond motifs is 2. The molecule has 4 rings (SSSR count). The van der Waals surface area contributed by atoms with Crippen LogP contribution in [-0.2, 0) is 14.1 Å². The molecule has 0 aliphatic carbocycles. The highest BCUT2D eigenvalue weighted by atomic mass is 32.1. The minimum Gasteiger partial charge on any atom is -0.299 e. The van der Waals surface area contributed by atoms with Crippen molar-refractivity contribution in [3.63, 3.8) is 0 Å². The highest BCUT2D eigenvalue weighted by molar-refractivity contribution is 7.18. The smallest absolute Gasteiger partial charge is 0.262 e. The molecule has 0 aliphatic heterocycles. The van der Waals surface area contributed by atoms with Crippen molar-refractivity contribution in [2.75, 3.05) is 0 Å². The molecular formula is C17H18N4O2S2. The third-order valence-electron chi connectivity index (χ3n) is 4.05. The number of rotatable bonds is 0. The summed E-state index contributed by atoms with van der Waals surface area (Å²) in [5.41, 5.74) is 0.0885. The van der Waals surface area contributed by atoms with Gasteiger partial charge in [-0.05, 0) is 38.3 Å². The van der Waals surface area contributed by atoms with Crippen LogP contribution in [-0.4, -0.2) is 19.1 Å². The maximum absolute atomic E-state index is 11.7. The molecule has 25 heavy (non-hydrogen) atoms. The van der Waals surface area contributed by atoms with Gasteiger partial charge in [-0.1, -0.05) is 0 Å². The molecule has 0 saturated heterocycles. The molecule has 0 amide bonds. The Morgan fingerprint density at radius 1 is 0.880 bits per heavy atom. The van der Waals surface area contributed by atoms with E-state index >= 15 is 0 Å². The third-order valence-corrected chi connectivity index (χ3v) is 5.80. The van der Waals surface area contributed by atoms with Gasteiger partial charge in [0.1, 0.15) is 21.3 Å². The second-order valence-corrected chi connectivity index (χ2v) is 7.89. The Hall–Kier alpha value is -2.32. The second-order valence-electron chi connectivity index (χ2n) is 5.76. The second kappa shape index (κ2) is 6.53. The average Bonchev–Trinajstić information content (AvgIpc) is 3.17. The molecule has 0 radical (unpaired) electrons. The van der Waals surface area contributed by atoms with Crippen LogP contribution in [0.2, 0.25) is 0 Å². The normalized spacial score (nSPS) is 10.9. The summed E-state index contributed by atoms with van der Waals surface area (Å²) in [6.45, 7) is 5.66. The van der Waals surface area contributed by atoms with Crippen molar-refractivity contribution in [2.45, 2.75) is 20.8 Å². The van der Waals surface area contributed by atoms with Crippen LogP contribution in [0, 0.1) is 20.8 Å². The molecule has 0 aliphatic rings. The first-order valence-electron chi connectivity index (χ1n) is 7.64. The maximum atomic E-state index is 11.7. The van der Waals surface area contributed by atoms with Crippen molar-refractivity contribution < 1.29 is 0 Å². The molecule has 0 N–H and O–H groups in total. The van der Waals surface area contributed by atoms with Crippen molar-refractivity contribution in [3.8, 4) is 0 Å². The zero-order chi connectivity index (χ0) is 18.3. The van der Waals surface area contributed by atoms with Crippen LogP contribution in [0.1, 0.15) is 16.5 Å². The number of hydrogen-bond donors (Lipinski definition) is 0. The molecule has 0 unspecified atom stereocenters. The summed E-state index contributed by atoms with van der Waals surface area (Å²) in [4.78, 5) is 34.7. The number of aryl methyl sites for hydroxylation is 3. The van der Waals surface area contributed by atoms with Gasteiger partial charge in [0.25, 0.3) is 11.1 Å². The van der Waals surface area contributed by atoms with E-state index in [0.717, 1.165) is 31.6 Å². The number of nitrogens with zero attached hydrogens (tertiary/aromatic N) is 4. The topological polar surface area (TPSA) is 69.8 Å². The minimum atomic E-state index is 0.0405. The molecule has 130 valence electrons. The van der Waals surface area contributed by atoms with Gasteiger partial charge in [0.05, 0.1) is 10.8 Å². The van der Waals surface area contributed by atoms with Gasteiger partial charge in [-0.25, -0.2) is 9.97 Å². The average molecular weight is 374 g/mol. The number of hydrogen-bond acceptors (Lipinski definition) is 6. The predicted octanol–water partition coefficient (Wildman–Crippen LogP) is 2.92. The van der Waals surface area contributed by atoms with Gasteiger partial charge in [-0.2, -0.15) is 0 Å². The number of thiophene rings is 2. The fourth-order valence-corrected chi connectivity index (χ4v) is 4.10. The van der Waals surface area contributed by atoms with E-state index in [1.54, 1.807) is 34.6 Å². The summed E-state index contributed by atoms with van der Waals surface area (Å²) in [6.07, 6.45) is 0. The number of aromatic nitrogens is 4. The molecule has 0 spiro atoms. The van der Waals surface area contributed by atoms with E-state index in [1.165, 1.54) is 11.3 Å². The summed E-state index contributed by atoms with van der Waals surface area (Å²) in [5, 5.41) is 3.34. The Kier molecular flexibility index (Phi) is 4.57. The maximum Gasteiger partial charge on any atom is 0.262 e.